The van der Waals surface area contributed by atoms with Crippen LogP contribution in [-0.2, 0) is 4.79 Å². The van der Waals surface area contributed by atoms with E-state index in [2.05, 4.69) is 15.4 Å². The predicted molar refractivity (Wildman–Crippen MR) is 80.6 cm³/mol. The lowest BCUT2D eigenvalue weighted by Gasteiger charge is -2.43. The first-order chi connectivity index (χ1) is 10.5. The third-order valence-electron chi connectivity index (χ3n) is 3.34. The molecule has 0 amide bonds. The summed E-state index contributed by atoms with van der Waals surface area (Å²) in [6.45, 7) is 1.69. The molecule has 2 atom stereocenters. The standard InChI is InChI=1S/C14H13ClN4O3/c1-7-6-10(21)17-14(16-7)18-19-11(12(22)13(19)15)8-2-4-9(20)5-3-8/h2-6,11,13,20H,1H3,(H2,16,17,18,21)/t11-,13+/m0/s1. The number of hydrazine groups is 1. The van der Waals surface area contributed by atoms with Gasteiger partial charge in [0.1, 0.15) is 11.8 Å². The van der Waals surface area contributed by atoms with E-state index < -0.39 is 11.5 Å². The molecule has 1 aliphatic rings. The van der Waals surface area contributed by atoms with Gasteiger partial charge in [0.2, 0.25) is 5.95 Å². The fourth-order valence-corrected chi connectivity index (χ4v) is 2.59. The number of nitrogens with zero attached hydrogens (tertiary/aromatic N) is 2. The molecule has 22 heavy (non-hydrogen) atoms. The van der Waals surface area contributed by atoms with E-state index in [4.69, 9.17) is 11.6 Å². The van der Waals surface area contributed by atoms with Crippen LogP contribution in [0.3, 0.4) is 0 Å². The van der Waals surface area contributed by atoms with Crippen molar-refractivity contribution in [2.45, 2.75) is 18.5 Å². The molecule has 7 nitrogen and oxygen atoms in total. The van der Waals surface area contributed by atoms with Crippen molar-refractivity contribution >= 4 is 23.3 Å². The number of ketones is 1. The number of aryl methyl sites for hydroxylation is 1. The molecule has 8 heteroatoms. The predicted octanol–water partition coefficient (Wildman–Crippen LogP) is 1.30. The first-order valence-corrected chi connectivity index (χ1v) is 6.99. The monoisotopic (exact) mass is 320 g/mol. The van der Waals surface area contributed by atoms with Crippen LogP contribution < -0.4 is 11.0 Å². The van der Waals surface area contributed by atoms with Crippen molar-refractivity contribution in [3.05, 3.63) is 51.9 Å². The number of hydrogen-bond donors (Lipinski definition) is 3. The van der Waals surface area contributed by atoms with Gasteiger partial charge in [-0.1, -0.05) is 23.7 Å². The second-order valence-electron chi connectivity index (χ2n) is 4.99. The number of nitrogens with one attached hydrogen (secondary N) is 2. The van der Waals surface area contributed by atoms with E-state index >= 15 is 0 Å². The first-order valence-electron chi connectivity index (χ1n) is 6.55. The number of phenols is 1. The van der Waals surface area contributed by atoms with E-state index in [-0.39, 0.29) is 23.0 Å². The topological polar surface area (TPSA) is 98.3 Å². The summed E-state index contributed by atoms with van der Waals surface area (Å²) in [5, 5.41) is 10.8. The van der Waals surface area contributed by atoms with Crippen LogP contribution in [0.2, 0.25) is 0 Å². The lowest BCUT2D eigenvalue weighted by atomic mass is 9.95. The van der Waals surface area contributed by atoms with Gasteiger partial charge in [0.25, 0.3) is 5.56 Å². The molecule has 0 spiro atoms. The van der Waals surface area contributed by atoms with Crippen LogP contribution in [0.15, 0.2) is 35.1 Å². The van der Waals surface area contributed by atoms with Crippen LogP contribution in [0.4, 0.5) is 5.95 Å². The van der Waals surface area contributed by atoms with Gasteiger partial charge in [0.15, 0.2) is 11.3 Å². The number of aromatic amines is 1. The minimum Gasteiger partial charge on any atom is -0.508 e. The summed E-state index contributed by atoms with van der Waals surface area (Å²) in [5.74, 6) is 0.156. The Kier molecular flexibility index (Phi) is 3.59. The van der Waals surface area contributed by atoms with E-state index in [9.17, 15) is 14.7 Å². The molecule has 0 aliphatic carbocycles. The third kappa shape index (κ3) is 2.56. The first kappa shape index (κ1) is 14.6. The van der Waals surface area contributed by atoms with Gasteiger partial charge in [-0.25, -0.2) is 4.98 Å². The van der Waals surface area contributed by atoms with Crippen LogP contribution in [-0.4, -0.2) is 31.4 Å². The molecular formula is C14H13ClN4O3. The van der Waals surface area contributed by atoms with Crippen molar-refractivity contribution in [2.75, 3.05) is 5.43 Å². The summed E-state index contributed by atoms with van der Waals surface area (Å²) in [6, 6.07) is 7.03. The van der Waals surface area contributed by atoms with E-state index in [1.807, 2.05) is 0 Å². The zero-order valence-corrected chi connectivity index (χ0v) is 12.3. The molecule has 1 saturated heterocycles. The highest BCUT2D eigenvalue weighted by molar-refractivity contribution is 6.34. The van der Waals surface area contributed by atoms with Gasteiger partial charge in [-0.2, -0.15) is 5.01 Å². The zero-order valence-electron chi connectivity index (χ0n) is 11.6. The Morgan fingerprint density at radius 1 is 1.32 bits per heavy atom. The van der Waals surface area contributed by atoms with Gasteiger partial charge in [0.05, 0.1) is 0 Å². The van der Waals surface area contributed by atoms with Crippen molar-refractivity contribution in [1.29, 1.82) is 0 Å². The molecule has 1 aliphatic heterocycles. The van der Waals surface area contributed by atoms with Crippen LogP contribution in [0.1, 0.15) is 17.3 Å². The van der Waals surface area contributed by atoms with Crippen molar-refractivity contribution in [3.63, 3.8) is 0 Å². The Bertz CT molecular complexity index is 774. The fraction of sp³-hybridized carbons (Fsp3) is 0.214. The normalized spacial score (nSPS) is 21.5. The number of anilines is 1. The second-order valence-corrected chi connectivity index (χ2v) is 5.40. The van der Waals surface area contributed by atoms with Crippen molar-refractivity contribution < 1.29 is 9.90 Å². The highest BCUT2D eigenvalue weighted by Gasteiger charge is 2.48. The molecule has 1 aromatic heterocycles. The van der Waals surface area contributed by atoms with Crippen molar-refractivity contribution in [1.82, 2.24) is 15.0 Å². The number of phenolic OH excluding ortho intramolecular Hbond substituents is 1. The van der Waals surface area contributed by atoms with Crippen LogP contribution in [0.5, 0.6) is 5.75 Å². The molecule has 0 bridgehead atoms. The van der Waals surface area contributed by atoms with E-state index in [0.29, 0.717) is 11.3 Å². The van der Waals surface area contributed by atoms with Gasteiger partial charge in [-0.05, 0) is 24.6 Å². The summed E-state index contributed by atoms with van der Waals surface area (Å²) in [6.07, 6.45) is 0. The molecule has 3 N–H and O–H groups in total. The molecular weight excluding hydrogens is 308 g/mol. The number of H-pyrrole nitrogens is 1. The number of alkyl halides is 1. The maximum atomic E-state index is 12.0. The number of Topliss-reactive ketones (excluding diaryl/α,β-unsaturated/α-hetero) is 1. The molecule has 1 aromatic carbocycles. The average molecular weight is 321 g/mol. The summed E-state index contributed by atoms with van der Waals surface area (Å²) in [7, 11) is 0. The number of aromatic nitrogens is 2. The summed E-state index contributed by atoms with van der Waals surface area (Å²) in [4.78, 5) is 30.1. The smallest absolute Gasteiger partial charge is 0.252 e. The number of benzene rings is 1. The molecule has 0 saturated carbocycles. The number of carbonyl (C=O) groups excluding carboxylic acids is 1. The number of halogens is 1. The van der Waals surface area contributed by atoms with E-state index in [1.54, 1.807) is 19.1 Å². The molecule has 0 unspecified atom stereocenters. The minimum atomic E-state index is -0.857. The summed E-state index contributed by atoms with van der Waals surface area (Å²) < 4.78 is 0. The van der Waals surface area contributed by atoms with E-state index in [0.717, 1.165) is 0 Å². The van der Waals surface area contributed by atoms with Gasteiger partial charge < -0.3 is 5.11 Å². The number of carbonyl (C=O) groups is 1. The number of aromatic hydroxyl groups is 1. The maximum absolute atomic E-state index is 12.0. The molecule has 1 fully saturated rings. The largest absolute Gasteiger partial charge is 0.508 e. The lowest BCUT2D eigenvalue weighted by molar-refractivity contribution is -0.137. The lowest BCUT2D eigenvalue weighted by Crippen LogP contribution is -2.59. The van der Waals surface area contributed by atoms with Gasteiger partial charge in [0, 0.05) is 11.8 Å². The van der Waals surface area contributed by atoms with Crippen molar-refractivity contribution in [3.8, 4) is 5.75 Å². The molecule has 2 heterocycles. The minimum absolute atomic E-state index is 0.113. The van der Waals surface area contributed by atoms with Gasteiger partial charge in [-0.3, -0.25) is 20.0 Å². The Hall–Kier alpha value is -2.38. The molecule has 0 radical (unpaired) electrons. The highest BCUT2D eigenvalue weighted by Crippen LogP contribution is 2.37. The average Bonchev–Trinajstić information content (AvgIpc) is 2.47. The van der Waals surface area contributed by atoms with Crippen LogP contribution in [0.25, 0.3) is 0 Å². The second kappa shape index (κ2) is 5.43. The molecule has 2 aromatic rings. The number of hydrogen-bond acceptors (Lipinski definition) is 6. The Labute approximate surface area is 130 Å². The zero-order chi connectivity index (χ0) is 15.9. The molecule has 114 valence electrons. The number of rotatable bonds is 3. The van der Waals surface area contributed by atoms with Crippen LogP contribution in [0, 0.1) is 6.92 Å². The summed E-state index contributed by atoms with van der Waals surface area (Å²) >= 11 is 6.02. The summed E-state index contributed by atoms with van der Waals surface area (Å²) in [5.41, 5.74) is 2.93. The van der Waals surface area contributed by atoms with Gasteiger partial charge >= 0.3 is 0 Å². The highest BCUT2D eigenvalue weighted by atomic mass is 35.5. The van der Waals surface area contributed by atoms with Gasteiger partial charge in [-0.15, -0.1) is 0 Å². The Balaban J connectivity index is 1.86. The Morgan fingerprint density at radius 3 is 2.64 bits per heavy atom. The van der Waals surface area contributed by atoms with Crippen molar-refractivity contribution in [2.24, 2.45) is 0 Å². The van der Waals surface area contributed by atoms with Crippen LogP contribution >= 0.6 is 11.6 Å². The maximum Gasteiger partial charge on any atom is 0.252 e. The SMILES string of the molecule is Cc1cc(=O)[nH]c(NN2[C@@H](c3ccc(O)cc3)C(=O)[C@@H]2Cl)n1. The fourth-order valence-electron chi connectivity index (χ4n) is 2.31. The molecule has 3 rings (SSSR count). The Morgan fingerprint density at radius 2 is 2.00 bits per heavy atom. The third-order valence-corrected chi connectivity index (χ3v) is 3.77. The quantitative estimate of drug-likeness (QED) is 0.582. The van der Waals surface area contributed by atoms with E-state index in [1.165, 1.54) is 23.2 Å².